The van der Waals surface area contributed by atoms with Gasteiger partial charge in [0.15, 0.2) is 0 Å². The lowest BCUT2D eigenvalue weighted by Gasteiger charge is -2.15. The fourth-order valence-electron chi connectivity index (χ4n) is 2.71. The van der Waals surface area contributed by atoms with Crippen LogP contribution in [0, 0.1) is 13.8 Å². The van der Waals surface area contributed by atoms with Crippen molar-refractivity contribution in [2.75, 3.05) is 23.8 Å². The van der Waals surface area contributed by atoms with Crippen LogP contribution in [0.5, 0.6) is 0 Å². The summed E-state index contributed by atoms with van der Waals surface area (Å²) in [4.78, 5) is 9.21. The minimum atomic E-state index is 0.164. The Morgan fingerprint density at radius 1 is 1.17 bits per heavy atom. The lowest BCUT2D eigenvalue weighted by atomic mass is 10.1. The summed E-state index contributed by atoms with van der Waals surface area (Å²) in [5, 5.41) is 15.6. The smallest absolute Gasteiger partial charge is 0.224 e. The van der Waals surface area contributed by atoms with Crippen molar-refractivity contribution in [1.82, 2.24) is 9.97 Å². The van der Waals surface area contributed by atoms with E-state index in [4.69, 9.17) is 5.11 Å². The van der Waals surface area contributed by atoms with E-state index in [2.05, 4.69) is 68.6 Å². The van der Waals surface area contributed by atoms with Crippen molar-refractivity contribution < 1.29 is 5.11 Å². The second-order valence-electron chi connectivity index (χ2n) is 6.32. The van der Waals surface area contributed by atoms with Gasteiger partial charge in [0.05, 0.1) is 5.69 Å². The first-order chi connectivity index (χ1) is 11.6. The summed E-state index contributed by atoms with van der Waals surface area (Å²) in [5.74, 6) is 1.99. The zero-order chi connectivity index (χ0) is 17.1. The van der Waals surface area contributed by atoms with E-state index in [9.17, 15) is 0 Å². The molecule has 3 N–H and O–H groups in total. The lowest BCUT2D eigenvalue weighted by Crippen LogP contribution is -2.09. The number of aromatic nitrogens is 2. The number of aliphatic hydroxyl groups excluding tert-OH is 1. The van der Waals surface area contributed by atoms with Gasteiger partial charge in [-0.2, -0.15) is 4.98 Å². The summed E-state index contributed by atoms with van der Waals surface area (Å²) in [7, 11) is 0. The Balaban J connectivity index is 1.86. The third-order valence-corrected chi connectivity index (χ3v) is 4.57. The summed E-state index contributed by atoms with van der Waals surface area (Å²) in [6.45, 7) is 5.01. The molecule has 0 unspecified atom stereocenters. The molecule has 2 aromatic rings. The second-order valence-corrected chi connectivity index (χ2v) is 7.24. The highest BCUT2D eigenvalue weighted by molar-refractivity contribution is 9.10. The Morgan fingerprint density at radius 3 is 2.50 bits per heavy atom. The molecule has 1 saturated carbocycles. The normalized spacial score (nSPS) is 13.8. The summed E-state index contributed by atoms with van der Waals surface area (Å²) in [5.41, 5.74) is 4.51. The second kappa shape index (κ2) is 7.49. The van der Waals surface area contributed by atoms with Crippen molar-refractivity contribution >= 4 is 33.4 Å². The molecule has 0 atom stereocenters. The first kappa shape index (κ1) is 17.2. The number of anilines is 3. The number of rotatable bonds is 7. The van der Waals surface area contributed by atoms with Gasteiger partial charge in [-0.3, -0.25) is 0 Å². The van der Waals surface area contributed by atoms with Gasteiger partial charge in [0.2, 0.25) is 5.95 Å². The highest BCUT2D eigenvalue weighted by Gasteiger charge is 2.26. The first-order valence-electron chi connectivity index (χ1n) is 8.34. The van der Waals surface area contributed by atoms with Gasteiger partial charge < -0.3 is 15.7 Å². The molecule has 1 aromatic carbocycles. The molecule has 0 bridgehead atoms. The van der Waals surface area contributed by atoms with E-state index in [-0.39, 0.29) is 6.61 Å². The zero-order valence-electron chi connectivity index (χ0n) is 14.1. The molecule has 1 heterocycles. The third-order valence-electron chi connectivity index (χ3n) is 4.11. The van der Waals surface area contributed by atoms with E-state index in [1.807, 2.05) is 0 Å². The largest absolute Gasteiger partial charge is 0.396 e. The SMILES string of the molecule is Cc1cc(Br)cc(C)c1Nc1cc(C2CC2)nc(NCCCO)n1. The molecular weight excluding hydrogens is 368 g/mol. The molecule has 0 spiro atoms. The molecule has 1 aliphatic carbocycles. The maximum absolute atomic E-state index is 8.93. The molecule has 3 rings (SSSR count). The van der Waals surface area contributed by atoms with Gasteiger partial charge in [0.1, 0.15) is 5.82 Å². The molecule has 0 aliphatic heterocycles. The molecule has 6 heteroatoms. The van der Waals surface area contributed by atoms with Gasteiger partial charge in [-0.15, -0.1) is 0 Å². The van der Waals surface area contributed by atoms with E-state index in [0.717, 1.165) is 21.7 Å². The van der Waals surface area contributed by atoms with Crippen molar-refractivity contribution in [1.29, 1.82) is 0 Å². The van der Waals surface area contributed by atoms with Crippen LogP contribution in [0.3, 0.4) is 0 Å². The number of aliphatic hydroxyl groups is 1. The average molecular weight is 391 g/mol. The number of benzene rings is 1. The summed E-state index contributed by atoms with van der Waals surface area (Å²) in [6, 6.07) is 6.24. The van der Waals surface area contributed by atoms with Crippen LogP contribution in [0.15, 0.2) is 22.7 Å². The molecule has 1 aliphatic rings. The lowest BCUT2D eigenvalue weighted by molar-refractivity contribution is 0.292. The number of hydrogen-bond acceptors (Lipinski definition) is 5. The fraction of sp³-hybridized carbons (Fsp3) is 0.444. The highest BCUT2D eigenvalue weighted by atomic mass is 79.9. The van der Waals surface area contributed by atoms with Gasteiger partial charge in [-0.05, 0) is 56.4 Å². The summed E-state index contributed by atoms with van der Waals surface area (Å²) in [6.07, 6.45) is 3.08. The van der Waals surface area contributed by atoms with Gasteiger partial charge in [0, 0.05) is 35.3 Å². The van der Waals surface area contributed by atoms with Gasteiger partial charge in [-0.1, -0.05) is 15.9 Å². The van der Waals surface area contributed by atoms with E-state index in [0.29, 0.717) is 24.8 Å². The number of nitrogens with one attached hydrogen (secondary N) is 2. The van der Waals surface area contributed by atoms with E-state index in [1.165, 1.54) is 24.0 Å². The van der Waals surface area contributed by atoms with E-state index >= 15 is 0 Å². The maximum Gasteiger partial charge on any atom is 0.224 e. The van der Waals surface area contributed by atoms with Crippen LogP contribution in [0.2, 0.25) is 0 Å². The number of halogens is 1. The molecule has 128 valence electrons. The molecule has 1 fully saturated rings. The predicted octanol–water partition coefficient (Wildman–Crippen LogP) is 4.27. The summed E-state index contributed by atoms with van der Waals surface area (Å²) >= 11 is 3.53. The van der Waals surface area contributed by atoms with Gasteiger partial charge in [-0.25, -0.2) is 4.98 Å². The third kappa shape index (κ3) is 4.24. The Bertz CT molecular complexity index is 708. The van der Waals surface area contributed by atoms with Crippen molar-refractivity contribution in [3.05, 3.63) is 39.5 Å². The number of nitrogens with zero attached hydrogens (tertiary/aromatic N) is 2. The average Bonchev–Trinajstić information content (AvgIpc) is 3.36. The van der Waals surface area contributed by atoms with Crippen LogP contribution in [0.25, 0.3) is 0 Å². The van der Waals surface area contributed by atoms with Gasteiger partial charge in [0.25, 0.3) is 0 Å². The Labute approximate surface area is 151 Å². The molecule has 24 heavy (non-hydrogen) atoms. The standard InChI is InChI=1S/C18H23BrN4O/c1-11-8-14(19)9-12(2)17(11)22-16-10-15(13-4-5-13)21-18(23-16)20-6-3-7-24/h8-10,13,24H,3-7H2,1-2H3,(H2,20,21,22,23). The molecule has 0 radical (unpaired) electrons. The minimum Gasteiger partial charge on any atom is -0.396 e. The molecule has 1 aromatic heterocycles. The monoisotopic (exact) mass is 390 g/mol. The van der Waals surface area contributed by atoms with Crippen LogP contribution in [0.1, 0.15) is 42.0 Å². The van der Waals surface area contributed by atoms with Crippen molar-refractivity contribution in [3.8, 4) is 0 Å². The molecular formula is C18H23BrN4O. The molecule has 0 saturated heterocycles. The molecule has 0 amide bonds. The van der Waals surface area contributed by atoms with Crippen LogP contribution >= 0.6 is 15.9 Å². The quantitative estimate of drug-likeness (QED) is 0.615. The van der Waals surface area contributed by atoms with Crippen molar-refractivity contribution in [2.24, 2.45) is 0 Å². The Hall–Kier alpha value is -1.66. The van der Waals surface area contributed by atoms with Crippen LogP contribution in [-0.2, 0) is 0 Å². The van der Waals surface area contributed by atoms with E-state index in [1.54, 1.807) is 0 Å². The van der Waals surface area contributed by atoms with E-state index < -0.39 is 0 Å². The zero-order valence-corrected chi connectivity index (χ0v) is 15.7. The van der Waals surface area contributed by atoms with Crippen molar-refractivity contribution in [3.63, 3.8) is 0 Å². The topological polar surface area (TPSA) is 70.1 Å². The number of aryl methyl sites for hydroxylation is 2. The van der Waals surface area contributed by atoms with Crippen LogP contribution in [-0.4, -0.2) is 28.2 Å². The molecule has 5 nitrogen and oxygen atoms in total. The summed E-state index contributed by atoms with van der Waals surface area (Å²) < 4.78 is 1.08. The van der Waals surface area contributed by atoms with Crippen molar-refractivity contribution in [2.45, 2.75) is 39.0 Å². The number of hydrogen-bond donors (Lipinski definition) is 3. The van der Waals surface area contributed by atoms with Crippen LogP contribution in [0.4, 0.5) is 17.5 Å². The Kier molecular flexibility index (Phi) is 5.36. The first-order valence-corrected chi connectivity index (χ1v) is 9.13. The van der Waals surface area contributed by atoms with Gasteiger partial charge >= 0.3 is 0 Å². The maximum atomic E-state index is 8.93. The predicted molar refractivity (Wildman–Crippen MR) is 101 cm³/mol. The fourth-order valence-corrected chi connectivity index (χ4v) is 3.40. The minimum absolute atomic E-state index is 0.164. The highest BCUT2D eigenvalue weighted by Crippen LogP contribution is 2.40. The van der Waals surface area contributed by atoms with Crippen LogP contribution < -0.4 is 10.6 Å². The Morgan fingerprint density at radius 2 is 1.88 bits per heavy atom.